The normalized spacial score (nSPS) is 18.1. The summed E-state index contributed by atoms with van der Waals surface area (Å²) in [7, 11) is 0. The summed E-state index contributed by atoms with van der Waals surface area (Å²) in [6.07, 6.45) is 2.64. The van der Waals surface area contributed by atoms with Gasteiger partial charge in [0.25, 0.3) is 0 Å². The van der Waals surface area contributed by atoms with Crippen molar-refractivity contribution in [1.29, 1.82) is 0 Å². The summed E-state index contributed by atoms with van der Waals surface area (Å²) in [5.41, 5.74) is 2.48. The molecule has 0 aromatic heterocycles. The molecular weight excluding hydrogens is 300 g/mol. The SMILES string of the molecule is CC[C@@H](C)c1ccc([C@@H](C)NC(=O)C2CCN(C(C)=O)CC2)cc1. The highest BCUT2D eigenvalue weighted by atomic mass is 16.2. The first-order valence-electron chi connectivity index (χ1n) is 9.08. The third-order valence-corrected chi connectivity index (χ3v) is 5.29. The summed E-state index contributed by atoms with van der Waals surface area (Å²) in [6.45, 7) is 9.41. The van der Waals surface area contributed by atoms with Gasteiger partial charge in [0, 0.05) is 25.9 Å². The Morgan fingerprint density at radius 3 is 2.17 bits per heavy atom. The standard InChI is InChI=1S/C20H30N2O2/c1-5-14(2)17-6-8-18(9-7-17)15(3)21-20(24)19-10-12-22(13-11-19)16(4)23/h6-9,14-15,19H,5,10-13H2,1-4H3,(H,21,24)/t14-,15-/m1/s1. The Hall–Kier alpha value is -1.84. The van der Waals surface area contributed by atoms with E-state index in [-0.39, 0.29) is 23.8 Å². The number of benzene rings is 1. The average molecular weight is 330 g/mol. The minimum atomic E-state index is 0.00863. The fourth-order valence-electron chi connectivity index (χ4n) is 3.22. The zero-order valence-electron chi connectivity index (χ0n) is 15.3. The Morgan fingerprint density at radius 1 is 1.12 bits per heavy atom. The van der Waals surface area contributed by atoms with Crippen LogP contribution in [-0.4, -0.2) is 29.8 Å². The molecule has 1 saturated heterocycles. The Balaban J connectivity index is 1.88. The lowest BCUT2D eigenvalue weighted by atomic mass is 9.94. The molecule has 0 aliphatic carbocycles. The first-order chi connectivity index (χ1) is 11.4. The highest BCUT2D eigenvalue weighted by molar-refractivity contribution is 5.80. The van der Waals surface area contributed by atoms with Crippen molar-refractivity contribution < 1.29 is 9.59 Å². The van der Waals surface area contributed by atoms with Crippen molar-refractivity contribution in [2.75, 3.05) is 13.1 Å². The second-order valence-corrected chi connectivity index (χ2v) is 6.99. The molecule has 4 nitrogen and oxygen atoms in total. The van der Waals surface area contributed by atoms with Gasteiger partial charge in [-0.15, -0.1) is 0 Å². The minimum Gasteiger partial charge on any atom is -0.349 e. The van der Waals surface area contributed by atoms with E-state index >= 15 is 0 Å². The lowest BCUT2D eigenvalue weighted by Crippen LogP contribution is -2.42. The van der Waals surface area contributed by atoms with Crippen molar-refractivity contribution >= 4 is 11.8 Å². The fraction of sp³-hybridized carbons (Fsp3) is 0.600. The summed E-state index contributed by atoms with van der Waals surface area (Å²) in [5.74, 6) is 0.790. The van der Waals surface area contributed by atoms with Crippen molar-refractivity contribution in [3.05, 3.63) is 35.4 Å². The molecule has 1 aromatic rings. The fourth-order valence-corrected chi connectivity index (χ4v) is 3.22. The molecule has 1 aliphatic rings. The van der Waals surface area contributed by atoms with Crippen LogP contribution in [-0.2, 0) is 9.59 Å². The Morgan fingerprint density at radius 2 is 1.67 bits per heavy atom. The predicted molar refractivity (Wildman–Crippen MR) is 96.7 cm³/mol. The third-order valence-electron chi connectivity index (χ3n) is 5.29. The quantitative estimate of drug-likeness (QED) is 0.896. The van der Waals surface area contributed by atoms with Crippen LogP contribution in [0.5, 0.6) is 0 Å². The zero-order chi connectivity index (χ0) is 17.7. The van der Waals surface area contributed by atoms with Gasteiger partial charge in [-0.05, 0) is 43.2 Å². The number of rotatable bonds is 5. The monoisotopic (exact) mass is 330 g/mol. The van der Waals surface area contributed by atoms with Crippen molar-refractivity contribution in [2.24, 2.45) is 5.92 Å². The molecular formula is C20H30N2O2. The topological polar surface area (TPSA) is 49.4 Å². The van der Waals surface area contributed by atoms with Crippen LogP contribution in [0, 0.1) is 5.92 Å². The minimum absolute atomic E-state index is 0.00863. The Kier molecular flexibility index (Phi) is 6.41. The summed E-state index contributed by atoms with van der Waals surface area (Å²) >= 11 is 0. The van der Waals surface area contributed by atoms with Gasteiger partial charge in [0.05, 0.1) is 6.04 Å². The molecule has 0 radical (unpaired) electrons. The van der Waals surface area contributed by atoms with Crippen molar-refractivity contribution in [1.82, 2.24) is 10.2 Å². The van der Waals surface area contributed by atoms with Gasteiger partial charge < -0.3 is 10.2 Å². The van der Waals surface area contributed by atoms with Crippen LogP contribution >= 0.6 is 0 Å². The second kappa shape index (κ2) is 8.32. The molecule has 2 rings (SSSR count). The number of piperidine rings is 1. The van der Waals surface area contributed by atoms with Gasteiger partial charge >= 0.3 is 0 Å². The van der Waals surface area contributed by atoms with Crippen LogP contribution in [0.15, 0.2) is 24.3 Å². The van der Waals surface area contributed by atoms with E-state index in [1.807, 2.05) is 11.8 Å². The van der Waals surface area contributed by atoms with E-state index in [2.05, 4.69) is 43.4 Å². The van der Waals surface area contributed by atoms with E-state index in [0.29, 0.717) is 19.0 Å². The van der Waals surface area contributed by atoms with Gasteiger partial charge in [0.2, 0.25) is 11.8 Å². The summed E-state index contributed by atoms with van der Waals surface area (Å²) in [5, 5.41) is 3.13. The molecule has 1 aromatic carbocycles. The number of amides is 2. The second-order valence-electron chi connectivity index (χ2n) is 6.99. The number of nitrogens with zero attached hydrogens (tertiary/aromatic N) is 1. The maximum atomic E-state index is 12.5. The van der Waals surface area contributed by atoms with Gasteiger partial charge in [-0.3, -0.25) is 9.59 Å². The van der Waals surface area contributed by atoms with E-state index in [9.17, 15) is 9.59 Å². The summed E-state index contributed by atoms with van der Waals surface area (Å²) in [6, 6.07) is 8.57. The highest BCUT2D eigenvalue weighted by Gasteiger charge is 2.26. The van der Waals surface area contributed by atoms with Crippen LogP contribution < -0.4 is 5.32 Å². The van der Waals surface area contributed by atoms with Gasteiger partial charge in [-0.1, -0.05) is 38.1 Å². The smallest absolute Gasteiger partial charge is 0.223 e. The molecule has 24 heavy (non-hydrogen) atoms. The van der Waals surface area contributed by atoms with Crippen LogP contribution in [0.1, 0.15) is 70.0 Å². The molecule has 1 fully saturated rings. The molecule has 1 heterocycles. The maximum absolute atomic E-state index is 12.5. The van der Waals surface area contributed by atoms with Crippen LogP contribution in [0.4, 0.5) is 0 Å². The first kappa shape index (κ1) is 18.5. The van der Waals surface area contributed by atoms with Gasteiger partial charge in [-0.25, -0.2) is 0 Å². The average Bonchev–Trinajstić information content (AvgIpc) is 2.61. The molecule has 0 saturated carbocycles. The molecule has 2 amide bonds. The Labute approximate surface area is 145 Å². The van der Waals surface area contributed by atoms with E-state index in [1.165, 1.54) is 5.56 Å². The van der Waals surface area contributed by atoms with Crippen molar-refractivity contribution in [3.8, 4) is 0 Å². The van der Waals surface area contributed by atoms with Crippen LogP contribution in [0.3, 0.4) is 0 Å². The first-order valence-corrected chi connectivity index (χ1v) is 9.08. The molecule has 1 aliphatic heterocycles. The molecule has 4 heteroatoms. The van der Waals surface area contributed by atoms with Crippen LogP contribution in [0.2, 0.25) is 0 Å². The van der Waals surface area contributed by atoms with Crippen molar-refractivity contribution in [2.45, 2.75) is 58.9 Å². The van der Waals surface area contributed by atoms with Gasteiger partial charge in [0.15, 0.2) is 0 Å². The van der Waals surface area contributed by atoms with Crippen LogP contribution in [0.25, 0.3) is 0 Å². The zero-order valence-corrected chi connectivity index (χ0v) is 15.3. The van der Waals surface area contributed by atoms with Gasteiger partial charge in [0.1, 0.15) is 0 Å². The van der Waals surface area contributed by atoms with Gasteiger partial charge in [-0.2, -0.15) is 0 Å². The molecule has 0 unspecified atom stereocenters. The largest absolute Gasteiger partial charge is 0.349 e. The molecule has 0 bridgehead atoms. The van der Waals surface area contributed by atoms with E-state index in [1.54, 1.807) is 6.92 Å². The summed E-state index contributed by atoms with van der Waals surface area (Å²) in [4.78, 5) is 25.6. The number of carbonyl (C=O) groups excluding carboxylic acids is 2. The number of likely N-dealkylation sites (tertiary alicyclic amines) is 1. The summed E-state index contributed by atoms with van der Waals surface area (Å²) < 4.78 is 0. The number of hydrogen-bond acceptors (Lipinski definition) is 2. The number of hydrogen-bond donors (Lipinski definition) is 1. The third kappa shape index (κ3) is 4.59. The van der Waals surface area contributed by atoms with E-state index in [4.69, 9.17) is 0 Å². The van der Waals surface area contributed by atoms with E-state index in [0.717, 1.165) is 24.8 Å². The molecule has 0 spiro atoms. The molecule has 132 valence electrons. The molecule has 2 atom stereocenters. The number of nitrogens with one attached hydrogen (secondary N) is 1. The Bertz CT molecular complexity index is 560. The lowest BCUT2D eigenvalue weighted by molar-refractivity contribution is -0.134. The lowest BCUT2D eigenvalue weighted by Gasteiger charge is -2.31. The highest BCUT2D eigenvalue weighted by Crippen LogP contribution is 2.23. The van der Waals surface area contributed by atoms with Crippen molar-refractivity contribution in [3.63, 3.8) is 0 Å². The maximum Gasteiger partial charge on any atom is 0.223 e. The molecule has 1 N–H and O–H groups in total. The number of carbonyl (C=O) groups is 2. The predicted octanol–water partition coefficient (Wildman–Crippen LogP) is 3.64. The van der Waals surface area contributed by atoms with E-state index < -0.39 is 0 Å².